The van der Waals surface area contributed by atoms with Gasteiger partial charge in [-0.25, -0.2) is 22.0 Å². The molecule has 0 bridgehead atoms. The van der Waals surface area contributed by atoms with Gasteiger partial charge in [-0.15, -0.1) is 0 Å². The van der Waals surface area contributed by atoms with Gasteiger partial charge in [0.05, 0.1) is 5.02 Å². The molecule has 0 unspecified atom stereocenters. The van der Waals surface area contributed by atoms with E-state index in [9.17, 15) is 22.0 Å². The average Bonchev–Trinajstić information content (AvgIpc) is 0.772. The van der Waals surface area contributed by atoms with Crippen LogP contribution >= 0.6 is 81.2 Å². The van der Waals surface area contributed by atoms with E-state index in [4.69, 9.17) is 86.3 Å². The molecule has 648 valence electrons. The van der Waals surface area contributed by atoms with Crippen molar-refractivity contribution in [2.75, 3.05) is 0 Å². The first kappa shape index (κ1) is 110. The molecular formula is C105H138Cl7F5O. The first-order valence-corrected chi connectivity index (χ1v) is 42.7. The van der Waals surface area contributed by atoms with Crippen molar-refractivity contribution in [3.8, 4) is 5.75 Å². The smallest absolute Gasteiger partial charge is 0.142 e. The molecule has 0 amide bonds. The Hall–Kier alpha value is -6.32. The molecule has 10 aromatic rings. The zero-order chi connectivity index (χ0) is 91.8. The van der Waals surface area contributed by atoms with Gasteiger partial charge in [0, 0.05) is 46.8 Å². The van der Waals surface area contributed by atoms with E-state index in [0.29, 0.717) is 21.8 Å². The third kappa shape index (κ3) is 38.4. The highest BCUT2D eigenvalue weighted by molar-refractivity contribution is 6.37. The van der Waals surface area contributed by atoms with Crippen molar-refractivity contribution in [3.63, 3.8) is 0 Å². The van der Waals surface area contributed by atoms with E-state index in [1.165, 1.54) is 68.8 Å². The number of rotatable bonds is 0. The molecule has 1 N–H and O–H groups in total. The minimum Gasteiger partial charge on any atom is -0.508 e. The summed E-state index contributed by atoms with van der Waals surface area (Å²) in [4.78, 5) is 0. The summed E-state index contributed by atoms with van der Waals surface area (Å²) in [6.45, 7) is 72.6. The number of hydrogen-bond acceptors (Lipinski definition) is 1. The van der Waals surface area contributed by atoms with Gasteiger partial charge in [-0.2, -0.15) is 0 Å². The number of benzene rings is 10. The van der Waals surface area contributed by atoms with Gasteiger partial charge in [-0.1, -0.05) is 410 Å². The Balaban J connectivity index is 0.000000656. The zero-order valence-corrected chi connectivity index (χ0v) is 82.7. The van der Waals surface area contributed by atoms with E-state index in [1.54, 1.807) is 59.7 Å². The van der Waals surface area contributed by atoms with E-state index in [0.717, 1.165) is 59.5 Å². The third-order valence-electron chi connectivity index (χ3n) is 18.3. The summed E-state index contributed by atoms with van der Waals surface area (Å²) in [5.74, 6) is -1.85. The molecule has 0 aliphatic rings. The Morgan fingerprint density at radius 2 is 0.508 bits per heavy atom. The topological polar surface area (TPSA) is 20.2 Å². The Morgan fingerprint density at radius 3 is 0.814 bits per heavy atom. The van der Waals surface area contributed by atoms with Crippen molar-refractivity contribution < 1.29 is 27.1 Å². The Kier molecular flexibility index (Phi) is 43.0. The van der Waals surface area contributed by atoms with E-state index < -0.39 is 34.1 Å². The van der Waals surface area contributed by atoms with Crippen molar-refractivity contribution in [2.24, 2.45) is 0 Å². The number of halogens is 12. The average molecular weight is 1760 g/mol. The second kappa shape index (κ2) is 46.2. The maximum atomic E-state index is 13.5. The predicted molar refractivity (Wildman–Crippen MR) is 512 cm³/mol. The fourth-order valence-corrected chi connectivity index (χ4v) is 16.0. The van der Waals surface area contributed by atoms with Gasteiger partial charge in [-0.3, -0.25) is 0 Å². The van der Waals surface area contributed by atoms with Crippen molar-refractivity contribution in [1.82, 2.24) is 0 Å². The number of aryl methyl sites for hydroxylation is 5. The number of phenolic OH excluding ortho intramolecular Hbond substituents is 1. The summed E-state index contributed by atoms with van der Waals surface area (Å²) < 4.78 is 66.0. The molecular weight excluding hydrogens is 1620 g/mol. The molecule has 0 aliphatic carbocycles. The van der Waals surface area contributed by atoms with E-state index >= 15 is 0 Å². The molecule has 13 heteroatoms. The zero-order valence-electron chi connectivity index (χ0n) is 77.5. The molecule has 0 heterocycles. The highest BCUT2D eigenvalue weighted by Gasteiger charge is 2.28. The van der Waals surface area contributed by atoms with Crippen molar-refractivity contribution in [3.05, 3.63) is 342 Å². The lowest BCUT2D eigenvalue weighted by atomic mass is 9.81. The van der Waals surface area contributed by atoms with Crippen LogP contribution in [0.4, 0.5) is 22.0 Å². The van der Waals surface area contributed by atoms with Crippen molar-refractivity contribution >= 4 is 81.2 Å². The van der Waals surface area contributed by atoms with Crippen LogP contribution in [0.15, 0.2) is 194 Å². The summed E-state index contributed by atoms with van der Waals surface area (Å²) >= 11 is 42.0. The van der Waals surface area contributed by atoms with Gasteiger partial charge < -0.3 is 5.11 Å². The van der Waals surface area contributed by atoms with Crippen LogP contribution in [0.3, 0.4) is 0 Å². The van der Waals surface area contributed by atoms with Crippen LogP contribution in [-0.2, 0) is 54.1 Å². The van der Waals surface area contributed by atoms with Gasteiger partial charge in [-0.05, 0) is 229 Å². The molecule has 0 saturated carbocycles. The number of aromatic hydroxyl groups is 1. The molecule has 0 spiro atoms. The van der Waals surface area contributed by atoms with Crippen molar-refractivity contribution in [2.45, 2.75) is 296 Å². The van der Waals surface area contributed by atoms with Crippen molar-refractivity contribution in [1.29, 1.82) is 0 Å². The van der Waals surface area contributed by atoms with Gasteiger partial charge in [0.2, 0.25) is 0 Å². The van der Waals surface area contributed by atoms with Gasteiger partial charge in [0.1, 0.15) is 34.8 Å². The maximum Gasteiger partial charge on any atom is 0.142 e. The Morgan fingerprint density at radius 1 is 0.212 bits per heavy atom. The van der Waals surface area contributed by atoms with Gasteiger partial charge in [0.25, 0.3) is 0 Å². The summed E-state index contributed by atoms with van der Waals surface area (Å²) in [5.41, 5.74) is 15.9. The highest BCUT2D eigenvalue weighted by Crippen LogP contribution is 2.40. The molecule has 0 fully saturated rings. The monoisotopic (exact) mass is 1750 g/mol. The van der Waals surface area contributed by atoms with E-state index in [-0.39, 0.29) is 59.9 Å². The van der Waals surface area contributed by atoms with Crippen LogP contribution in [0.1, 0.15) is 291 Å². The molecule has 10 rings (SSSR count). The first-order valence-electron chi connectivity index (χ1n) is 40.1. The van der Waals surface area contributed by atoms with Crippen LogP contribution in [0.25, 0.3) is 0 Å². The summed E-state index contributed by atoms with van der Waals surface area (Å²) in [5, 5.41) is 13.3. The van der Waals surface area contributed by atoms with Crippen LogP contribution in [0.2, 0.25) is 35.2 Å². The quantitative estimate of drug-likeness (QED) is 0.119. The SMILES string of the molecule is CC(C)(C)c1c(Cl)cccc1Cl.CC(C)(C)c1c(F)ccc(F)c1Cl.CC(C)(C)c1c(F)cccc1F.CC(C)(C)c1ccc(O)cc1.CC(C)(C)c1ccccc1.CC(C)(C)c1ccccc1Cl.Cc1cc(Cl)c(C(C)(C)C)c(Cl)c1.Cc1cc(F)c(C(C)(C)C)c(Cl)c1.Cc1ccc(C(C)(C)C)cc1.Cc1cccc(C)c1C(C)(C)C. The number of phenols is 1. The van der Waals surface area contributed by atoms with Crippen LogP contribution in [-0.4, -0.2) is 5.11 Å². The fraction of sp³-hybridized carbons (Fsp3) is 0.429. The normalized spacial score (nSPS) is 11.7. The minimum atomic E-state index is -0.576. The van der Waals surface area contributed by atoms with Crippen LogP contribution in [0, 0.1) is 63.7 Å². The maximum absolute atomic E-state index is 13.5. The lowest BCUT2D eigenvalue weighted by Gasteiger charge is -2.23. The fourth-order valence-electron chi connectivity index (χ4n) is 12.5. The summed E-state index contributed by atoms with van der Waals surface area (Å²) in [6.07, 6.45) is 0. The molecule has 1 nitrogen and oxygen atoms in total. The summed E-state index contributed by atoms with van der Waals surface area (Å²) in [6, 6.07) is 60.0. The van der Waals surface area contributed by atoms with Crippen LogP contribution < -0.4 is 0 Å². The highest BCUT2D eigenvalue weighted by atomic mass is 35.5. The molecule has 118 heavy (non-hydrogen) atoms. The second-order valence-corrected chi connectivity index (χ2v) is 43.0. The Labute approximate surface area is 746 Å². The Bertz CT molecular complexity index is 4350. The third-order valence-corrected chi connectivity index (χ3v) is 20.5. The second-order valence-electron chi connectivity index (χ2n) is 40.1. The largest absolute Gasteiger partial charge is 0.508 e. The minimum absolute atomic E-state index is 0.00185. The van der Waals surface area contributed by atoms with E-state index in [1.807, 2.05) is 95.3 Å². The molecule has 0 aliphatic heterocycles. The van der Waals surface area contributed by atoms with Gasteiger partial charge in [0.15, 0.2) is 0 Å². The molecule has 0 radical (unpaired) electrons. The molecule has 10 aromatic carbocycles. The first-order chi connectivity index (χ1) is 53.4. The lowest BCUT2D eigenvalue weighted by Crippen LogP contribution is -2.15. The van der Waals surface area contributed by atoms with E-state index in [2.05, 4.69) is 245 Å². The molecule has 0 atom stereocenters. The van der Waals surface area contributed by atoms with Crippen LogP contribution in [0.5, 0.6) is 5.75 Å². The lowest BCUT2D eigenvalue weighted by molar-refractivity contribution is 0.473. The predicted octanol–water partition coefficient (Wildman–Crippen LogP) is 36.4. The van der Waals surface area contributed by atoms with Gasteiger partial charge >= 0.3 is 0 Å². The number of hydrogen-bond donors (Lipinski definition) is 1. The molecule has 0 aromatic heterocycles. The standard InChI is InChI=1S/C12H18.C11H14Cl2.C11H14ClF.C11H16.C10H12Cl2.C10H11ClF2.C10H13Cl.C10H12F2.C10H14O.C10H14/c1-9-7-6-8-10(2)11(9)12(3,4)5;2*1-7-5-8(12)10(9(13)6-7)11(2,3)4;1-9-5-7-10(8-6-9)11(2,3)4;1-10(2,3)9-7(11)5-4-6-8(9)12;1-10(2,3)8-6(12)4-5-7(13)9(8)11;1-10(2,3)8-6-4-5-7-9(8)11;1-10(2,3)9-7(11)5-4-6-8(9)12;1-10(2,3)8-4-6-9(11)7-5-8;1-10(2,3)9-7-5-4-6-8-9/h6-8H,1-5H3;2*5-6H,1-4H3;5-8H,1-4H3;4-6H,1-3H3;4-5H,1-3H3;4-7H,1-3H3;4-6H,1-3H3;4-7,11H,1-3H3;4-8H,1-3H3. The molecule has 0 saturated heterocycles. The summed E-state index contributed by atoms with van der Waals surface area (Å²) in [7, 11) is 0.